The summed E-state index contributed by atoms with van der Waals surface area (Å²) < 4.78 is 1.77. The minimum absolute atomic E-state index is 0.589. The Labute approximate surface area is 93.2 Å². The van der Waals surface area contributed by atoms with Crippen molar-refractivity contribution in [3.05, 3.63) is 0 Å². The van der Waals surface area contributed by atoms with E-state index < -0.39 is 21.8 Å². The molecule has 0 saturated carbocycles. The molecule has 0 aromatic carbocycles. The summed E-state index contributed by atoms with van der Waals surface area (Å²) in [5.41, 5.74) is 0. The molecule has 0 aliphatic carbocycles. The van der Waals surface area contributed by atoms with Crippen LogP contribution in [0, 0.1) is 0 Å². The summed E-state index contributed by atoms with van der Waals surface area (Å²) in [7, 11) is 0. The SMILES string of the molecule is C[C](C)(C)[Bi]([C](C)(C)C)[C](C)(C)C. The third-order valence-corrected chi connectivity index (χ3v) is 17.7. The second-order valence-corrected chi connectivity index (χ2v) is 25.1. The van der Waals surface area contributed by atoms with Gasteiger partial charge in [-0.05, 0) is 0 Å². The second-order valence-electron chi connectivity index (χ2n) is 6.85. The van der Waals surface area contributed by atoms with Gasteiger partial charge in [-0.25, -0.2) is 0 Å². The number of hydrogen-bond donors (Lipinski definition) is 0. The summed E-state index contributed by atoms with van der Waals surface area (Å²) in [4.78, 5) is 0. The van der Waals surface area contributed by atoms with Crippen LogP contribution in [0.1, 0.15) is 62.3 Å². The van der Waals surface area contributed by atoms with Gasteiger partial charge in [0.2, 0.25) is 0 Å². The standard InChI is InChI=1S/3C4H9.Bi/c3*1-4(2)3;/h3*1-3H3;. The van der Waals surface area contributed by atoms with Crippen LogP contribution < -0.4 is 0 Å². The van der Waals surface area contributed by atoms with Crippen molar-refractivity contribution in [1.29, 1.82) is 0 Å². The van der Waals surface area contributed by atoms with Crippen molar-refractivity contribution in [2.24, 2.45) is 0 Å². The average Bonchev–Trinajstić information content (AvgIpc) is 1.44. The van der Waals surface area contributed by atoms with Gasteiger partial charge in [-0.2, -0.15) is 0 Å². The molecule has 0 amide bonds. The minimum atomic E-state index is -1.51. The molecule has 1 heteroatoms. The summed E-state index contributed by atoms with van der Waals surface area (Å²) >= 11 is -1.51. The molecular weight excluding hydrogens is 353 g/mol. The summed E-state index contributed by atoms with van der Waals surface area (Å²) in [6, 6.07) is 0. The van der Waals surface area contributed by atoms with Crippen LogP contribution in [-0.2, 0) is 0 Å². The Balaban J connectivity index is 5.02. The van der Waals surface area contributed by atoms with Gasteiger partial charge in [0, 0.05) is 0 Å². The average molecular weight is 380 g/mol. The Kier molecular flexibility index (Phi) is 4.06. The molecule has 0 heterocycles. The molecule has 0 radical (unpaired) electrons. The first-order chi connectivity index (χ1) is 5.37. The van der Waals surface area contributed by atoms with E-state index in [2.05, 4.69) is 62.3 Å². The van der Waals surface area contributed by atoms with Crippen LogP contribution in [-0.4, -0.2) is 21.8 Å². The zero-order valence-corrected chi connectivity index (χ0v) is 14.4. The van der Waals surface area contributed by atoms with Gasteiger partial charge in [0.15, 0.2) is 0 Å². The third-order valence-electron chi connectivity index (χ3n) is 2.01. The molecule has 0 aromatic heterocycles. The summed E-state index contributed by atoms with van der Waals surface area (Å²) in [5, 5.41) is 0. The fraction of sp³-hybridized carbons (Fsp3) is 1.00. The summed E-state index contributed by atoms with van der Waals surface area (Å²) in [5.74, 6) is 0. The van der Waals surface area contributed by atoms with Crippen LogP contribution in [0.2, 0.25) is 9.37 Å². The van der Waals surface area contributed by atoms with Crippen molar-refractivity contribution in [2.45, 2.75) is 71.7 Å². The van der Waals surface area contributed by atoms with Crippen LogP contribution in [0.5, 0.6) is 0 Å². The Bertz CT molecular complexity index is 128. The molecule has 0 nitrogen and oxygen atoms in total. The Hall–Kier alpha value is 0.883. The van der Waals surface area contributed by atoms with Crippen molar-refractivity contribution in [3.63, 3.8) is 0 Å². The molecule has 0 bridgehead atoms. The van der Waals surface area contributed by atoms with E-state index >= 15 is 0 Å². The Morgan fingerprint density at radius 2 is 0.615 bits per heavy atom. The van der Waals surface area contributed by atoms with E-state index in [4.69, 9.17) is 0 Å². The molecule has 13 heavy (non-hydrogen) atoms. The molecular formula is C12H27Bi. The molecule has 0 aliphatic heterocycles. The van der Waals surface area contributed by atoms with E-state index in [0.717, 1.165) is 0 Å². The molecule has 0 N–H and O–H groups in total. The van der Waals surface area contributed by atoms with E-state index in [-0.39, 0.29) is 0 Å². The molecule has 0 fully saturated rings. The van der Waals surface area contributed by atoms with Crippen molar-refractivity contribution in [2.75, 3.05) is 0 Å². The van der Waals surface area contributed by atoms with Crippen LogP contribution in [0.3, 0.4) is 0 Å². The van der Waals surface area contributed by atoms with Gasteiger partial charge >= 0.3 is 93.4 Å². The number of rotatable bonds is 0. The predicted molar refractivity (Wildman–Crippen MR) is 64.9 cm³/mol. The van der Waals surface area contributed by atoms with Gasteiger partial charge in [0.05, 0.1) is 0 Å². The molecule has 80 valence electrons. The molecule has 0 rings (SSSR count). The zero-order chi connectivity index (χ0) is 11.1. The normalized spacial score (nSPS) is 15.2. The first-order valence-electron chi connectivity index (χ1n) is 5.17. The van der Waals surface area contributed by atoms with Gasteiger partial charge in [-0.15, -0.1) is 0 Å². The first kappa shape index (κ1) is 13.9. The molecule has 0 spiro atoms. The maximum absolute atomic E-state index is 2.45. The van der Waals surface area contributed by atoms with E-state index in [1.54, 1.807) is 0 Å². The molecule has 0 unspecified atom stereocenters. The number of hydrogen-bond acceptors (Lipinski definition) is 0. The van der Waals surface area contributed by atoms with Crippen molar-refractivity contribution >= 4 is 21.8 Å². The van der Waals surface area contributed by atoms with Crippen LogP contribution in [0.25, 0.3) is 0 Å². The van der Waals surface area contributed by atoms with E-state index in [1.165, 1.54) is 0 Å². The van der Waals surface area contributed by atoms with E-state index in [9.17, 15) is 0 Å². The summed E-state index contributed by atoms with van der Waals surface area (Å²) in [6.45, 7) is 22.0. The van der Waals surface area contributed by atoms with Crippen molar-refractivity contribution in [3.8, 4) is 0 Å². The zero-order valence-electron chi connectivity index (χ0n) is 10.9. The van der Waals surface area contributed by atoms with Gasteiger partial charge in [0.1, 0.15) is 0 Å². The van der Waals surface area contributed by atoms with E-state index in [1.807, 2.05) is 0 Å². The van der Waals surface area contributed by atoms with Gasteiger partial charge in [0.25, 0.3) is 0 Å². The molecule has 0 aromatic rings. The van der Waals surface area contributed by atoms with Crippen LogP contribution in [0.15, 0.2) is 0 Å². The van der Waals surface area contributed by atoms with Gasteiger partial charge in [-0.3, -0.25) is 0 Å². The fourth-order valence-corrected chi connectivity index (χ4v) is 26.5. The monoisotopic (exact) mass is 380 g/mol. The summed E-state index contributed by atoms with van der Waals surface area (Å²) in [6.07, 6.45) is 0. The predicted octanol–water partition coefficient (Wildman–Crippen LogP) is 4.88. The van der Waals surface area contributed by atoms with Gasteiger partial charge < -0.3 is 0 Å². The Morgan fingerprint density at radius 3 is 0.615 bits per heavy atom. The molecule has 0 saturated heterocycles. The third kappa shape index (κ3) is 4.28. The van der Waals surface area contributed by atoms with Crippen LogP contribution in [0.4, 0.5) is 0 Å². The Morgan fingerprint density at radius 1 is 0.462 bits per heavy atom. The van der Waals surface area contributed by atoms with E-state index in [0.29, 0.717) is 9.37 Å². The van der Waals surface area contributed by atoms with Crippen molar-refractivity contribution in [1.82, 2.24) is 0 Å². The molecule has 0 aliphatic rings. The maximum atomic E-state index is 2.45. The topological polar surface area (TPSA) is 0 Å². The van der Waals surface area contributed by atoms with Gasteiger partial charge in [-0.1, -0.05) is 0 Å². The fourth-order valence-electron chi connectivity index (χ4n) is 3.02. The van der Waals surface area contributed by atoms with Crippen LogP contribution >= 0.6 is 0 Å². The van der Waals surface area contributed by atoms with Crippen molar-refractivity contribution < 1.29 is 0 Å². The first-order valence-corrected chi connectivity index (χ1v) is 10.4. The quantitative estimate of drug-likeness (QED) is 0.526. The molecule has 0 atom stereocenters. The second kappa shape index (κ2) is 3.80.